The van der Waals surface area contributed by atoms with Gasteiger partial charge in [0.05, 0.1) is 4.90 Å². The Morgan fingerprint density at radius 3 is 2.38 bits per heavy atom. The fourth-order valence-electron chi connectivity index (χ4n) is 1.12. The summed E-state index contributed by atoms with van der Waals surface area (Å²) in [5.41, 5.74) is -4.96. The van der Waals surface area contributed by atoms with E-state index in [-0.39, 0.29) is 5.52 Å². The van der Waals surface area contributed by atoms with Crippen LogP contribution in [0.25, 0.3) is 11.0 Å². The summed E-state index contributed by atoms with van der Waals surface area (Å²) in [7, 11) is -5.33. The zero-order valence-corrected chi connectivity index (χ0v) is 8.30. The minimum Gasteiger partial charge on any atom is -0.214 e. The molecular formula is C7H4F3N3O2S. The van der Waals surface area contributed by atoms with Gasteiger partial charge < -0.3 is 0 Å². The standard InChI is InChI=1S/C7H4F3N3O2S/c8-7(9,10)16(14,15)4-1-2-5-6(3-4)12-13-11-5/h1-3H,(H,11,12,13). The lowest BCUT2D eigenvalue weighted by Crippen LogP contribution is -2.23. The van der Waals surface area contributed by atoms with Crippen LogP contribution in [0.15, 0.2) is 23.1 Å². The first kappa shape index (κ1) is 10.9. The largest absolute Gasteiger partial charge is 0.501 e. The lowest BCUT2D eigenvalue weighted by molar-refractivity contribution is -0.0435. The van der Waals surface area contributed by atoms with Crippen LogP contribution in [-0.4, -0.2) is 29.3 Å². The summed E-state index contributed by atoms with van der Waals surface area (Å²) in [5, 5.41) is 9.28. The predicted molar refractivity (Wildman–Crippen MR) is 47.1 cm³/mol. The topological polar surface area (TPSA) is 75.7 Å². The van der Waals surface area contributed by atoms with Gasteiger partial charge in [-0.05, 0) is 18.2 Å². The minimum atomic E-state index is -5.33. The van der Waals surface area contributed by atoms with Crippen molar-refractivity contribution in [1.29, 1.82) is 0 Å². The Bertz CT molecular complexity index is 632. The first-order chi connectivity index (χ1) is 7.32. The predicted octanol–water partition coefficient (Wildman–Crippen LogP) is 1.25. The van der Waals surface area contributed by atoms with E-state index in [0.717, 1.165) is 18.2 Å². The third-order valence-corrected chi connectivity index (χ3v) is 3.39. The molecule has 16 heavy (non-hydrogen) atoms. The van der Waals surface area contributed by atoms with Crippen molar-refractivity contribution in [2.45, 2.75) is 10.4 Å². The van der Waals surface area contributed by atoms with Gasteiger partial charge in [-0.1, -0.05) is 0 Å². The van der Waals surface area contributed by atoms with E-state index in [4.69, 9.17) is 0 Å². The number of alkyl halides is 3. The Morgan fingerprint density at radius 2 is 1.75 bits per heavy atom. The van der Waals surface area contributed by atoms with Gasteiger partial charge in [-0.2, -0.15) is 28.6 Å². The smallest absolute Gasteiger partial charge is 0.214 e. The Labute approximate surface area is 87.2 Å². The van der Waals surface area contributed by atoms with Gasteiger partial charge >= 0.3 is 5.51 Å². The second-order valence-electron chi connectivity index (χ2n) is 2.92. The molecule has 9 heteroatoms. The fraction of sp³-hybridized carbons (Fsp3) is 0.143. The zero-order chi connectivity index (χ0) is 12.0. The molecule has 2 aromatic rings. The number of benzene rings is 1. The number of halogens is 3. The van der Waals surface area contributed by atoms with Gasteiger partial charge in [0.25, 0.3) is 9.84 Å². The van der Waals surface area contributed by atoms with E-state index in [1.54, 1.807) is 0 Å². The van der Waals surface area contributed by atoms with Gasteiger partial charge in [0, 0.05) is 0 Å². The molecule has 2 rings (SSSR count). The van der Waals surface area contributed by atoms with Gasteiger partial charge in [-0.15, -0.1) is 0 Å². The number of nitrogens with one attached hydrogen (secondary N) is 1. The van der Waals surface area contributed by atoms with Crippen molar-refractivity contribution in [2.24, 2.45) is 0 Å². The van der Waals surface area contributed by atoms with Crippen LogP contribution in [0.5, 0.6) is 0 Å². The maximum Gasteiger partial charge on any atom is 0.501 e. The van der Waals surface area contributed by atoms with Crippen molar-refractivity contribution in [3.8, 4) is 0 Å². The first-order valence-corrected chi connectivity index (χ1v) is 5.42. The monoisotopic (exact) mass is 251 g/mol. The van der Waals surface area contributed by atoms with Crippen LogP contribution in [0.3, 0.4) is 0 Å². The number of aromatic nitrogens is 3. The molecule has 0 saturated carbocycles. The van der Waals surface area contributed by atoms with Crippen molar-refractivity contribution < 1.29 is 21.6 Å². The molecule has 0 spiro atoms. The number of hydrogen-bond donors (Lipinski definition) is 1. The second-order valence-corrected chi connectivity index (χ2v) is 4.86. The number of hydrogen-bond acceptors (Lipinski definition) is 4. The van der Waals surface area contributed by atoms with Crippen LogP contribution in [0.4, 0.5) is 13.2 Å². The van der Waals surface area contributed by atoms with E-state index in [0.29, 0.717) is 5.52 Å². The molecule has 0 atom stereocenters. The molecule has 0 amide bonds. The van der Waals surface area contributed by atoms with E-state index in [1.165, 1.54) is 0 Å². The van der Waals surface area contributed by atoms with Crippen molar-refractivity contribution in [3.05, 3.63) is 18.2 Å². The number of sulfone groups is 1. The molecule has 0 aliphatic heterocycles. The lowest BCUT2D eigenvalue weighted by Gasteiger charge is -2.07. The number of nitrogens with zero attached hydrogens (tertiary/aromatic N) is 2. The molecule has 0 fully saturated rings. The molecule has 1 aromatic heterocycles. The van der Waals surface area contributed by atoms with Crippen molar-refractivity contribution in [2.75, 3.05) is 0 Å². The highest BCUT2D eigenvalue weighted by atomic mass is 32.2. The van der Waals surface area contributed by atoms with Crippen molar-refractivity contribution >= 4 is 20.9 Å². The van der Waals surface area contributed by atoms with E-state index in [1.807, 2.05) is 0 Å². The second kappa shape index (κ2) is 3.17. The molecule has 0 saturated heterocycles. The van der Waals surface area contributed by atoms with E-state index in [9.17, 15) is 21.6 Å². The van der Waals surface area contributed by atoms with Crippen LogP contribution in [-0.2, 0) is 9.84 Å². The van der Waals surface area contributed by atoms with Crippen LogP contribution >= 0.6 is 0 Å². The SMILES string of the molecule is O=S(=O)(c1ccc2n[nH]nc2c1)C(F)(F)F. The molecule has 0 aliphatic rings. The molecule has 1 heterocycles. The zero-order valence-electron chi connectivity index (χ0n) is 7.49. The molecule has 0 radical (unpaired) electrons. The number of aromatic amines is 1. The quantitative estimate of drug-likeness (QED) is 0.827. The maximum absolute atomic E-state index is 12.2. The van der Waals surface area contributed by atoms with Gasteiger partial charge in [0.1, 0.15) is 11.0 Å². The Balaban J connectivity index is 2.64. The molecule has 86 valence electrons. The highest BCUT2D eigenvalue weighted by Crippen LogP contribution is 2.30. The number of rotatable bonds is 1. The van der Waals surface area contributed by atoms with Crippen molar-refractivity contribution in [3.63, 3.8) is 0 Å². The summed E-state index contributed by atoms with van der Waals surface area (Å²) in [6, 6.07) is 2.81. The van der Waals surface area contributed by atoms with E-state index < -0.39 is 20.2 Å². The maximum atomic E-state index is 12.2. The Hall–Kier alpha value is -1.64. The molecule has 0 aliphatic carbocycles. The summed E-state index contributed by atoms with van der Waals surface area (Å²) in [4.78, 5) is -0.846. The summed E-state index contributed by atoms with van der Waals surface area (Å²) in [6.07, 6.45) is 0. The van der Waals surface area contributed by atoms with Gasteiger partial charge in [0.2, 0.25) is 0 Å². The van der Waals surface area contributed by atoms with Gasteiger partial charge in [-0.25, -0.2) is 8.42 Å². The molecule has 0 unspecified atom stereocenters. The van der Waals surface area contributed by atoms with Crippen molar-refractivity contribution in [1.82, 2.24) is 15.4 Å². The van der Waals surface area contributed by atoms with Crippen LogP contribution in [0.2, 0.25) is 0 Å². The molecule has 1 N–H and O–H groups in total. The summed E-state index contributed by atoms with van der Waals surface area (Å²) < 4.78 is 58.7. The first-order valence-electron chi connectivity index (χ1n) is 3.94. The average molecular weight is 251 g/mol. The van der Waals surface area contributed by atoms with E-state index >= 15 is 0 Å². The molecular weight excluding hydrogens is 247 g/mol. The third-order valence-electron chi connectivity index (χ3n) is 1.90. The van der Waals surface area contributed by atoms with Crippen LogP contribution in [0, 0.1) is 0 Å². The third kappa shape index (κ3) is 1.52. The normalized spacial score (nSPS) is 13.2. The van der Waals surface area contributed by atoms with Crippen LogP contribution in [0.1, 0.15) is 0 Å². The molecule has 5 nitrogen and oxygen atoms in total. The Morgan fingerprint density at radius 1 is 1.12 bits per heavy atom. The average Bonchev–Trinajstić information content (AvgIpc) is 2.61. The number of H-pyrrole nitrogens is 1. The summed E-state index contributed by atoms with van der Waals surface area (Å²) in [6.45, 7) is 0. The number of fused-ring (bicyclic) bond motifs is 1. The van der Waals surface area contributed by atoms with E-state index in [2.05, 4.69) is 15.4 Å². The highest BCUT2D eigenvalue weighted by molar-refractivity contribution is 7.92. The Kier molecular flexibility index (Phi) is 2.15. The lowest BCUT2D eigenvalue weighted by atomic mass is 10.3. The summed E-state index contributed by atoms with van der Waals surface area (Å²) in [5.74, 6) is 0. The molecule has 1 aromatic carbocycles. The van der Waals surface area contributed by atoms with Crippen LogP contribution < -0.4 is 0 Å². The molecule has 0 bridgehead atoms. The fourth-order valence-corrected chi connectivity index (χ4v) is 1.90. The summed E-state index contributed by atoms with van der Waals surface area (Å²) >= 11 is 0. The van der Waals surface area contributed by atoms with Gasteiger partial charge in [-0.3, -0.25) is 0 Å². The minimum absolute atomic E-state index is 0.0605. The van der Waals surface area contributed by atoms with Gasteiger partial charge in [0.15, 0.2) is 0 Å². The highest BCUT2D eigenvalue weighted by Gasteiger charge is 2.46.